The molecule has 2 aromatic carbocycles. The van der Waals surface area contributed by atoms with Crippen LogP contribution < -0.4 is 0 Å². The first-order chi connectivity index (χ1) is 10.1. The van der Waals surface area contributed by atoms with Crippen molar-refractivity contribution in [1.82, 2.24) is 14.4 Å². The van der Waals surface area contributed by atoms with Crippen molar-refractivity contribution in [1.29, 1.82) is 0 Å². The van der Waals surface area contributed by atoms with Gasteiger partial charge in [-0.05, 0) is 29.7 Å². The number of nitrogens with zero attached hydrogens (tertiary/aromatic N) is 3. The van der Waals surface area contributed by atoms with Gasteiger partial charge < -0.3 is 0 Å². The van der Waals surface area contributed by atoms with Gasteiger partial charge in [0.1, 0.15) is 0 Å². The lowest BCUT2D eigenvalue weighted by Gasteiger charge is -2.09. The SMILES string of the molecule is Cc1cc(-c2ccccc2)ccc1S(=O)(=O)n1nccn1. The molecule has 0 aliphatic heterocycles. The average molecular weight is 299 g/mol. The zero-order valence-corrected chi connectivity index (χ0v) is 12.2. The van der Waals surface area contributed by atoms with E-state index in [1.165, 1.54) is 12.4 Å². The molecule has 3 aromatic rings. The van der Waals surface area contributed by atoms with E-state index in [9.17, 15) is 8.42 Å². The van der Waals surface area contributed by atoms with Crippen molar-refractivity contribution < 1.29 is 8.42 Å². The second-order valence-electron chi connectivity index (χ2n) is 4.60. The van der Waals surface area contributed by atoms with Crippen LogP contribution in [0.15, 0.2) is 65.8 Å². The summed E-state index contributed by atoms with van der Waals surface area (Å²) in [4.78, 5) is 0.207. The molecule has 1 aromatic heterocycles. The number of hydrogen-bond acceptors (Lipinski definition) is 4. The first-order valence-electron chi connectivity index (χ1n) is 6.37. The highest BCUT2D eigenvalue weighted by Crippen LogP contribution is 2.25. The van der Waals surface area contributed by atoms with Crippen LogP contribution in [-0.2, 0) is 10.0 Å². The predicted octanol–water partition coefficient (Wildman–Crippen LogP) is 2.49. The third-order valence-corrected chi connectivity index (χ3v) is 4.80. The number of benzene rings is 2. The molecule has 6 heteroatoms. The molecule has 0 unspecified atom stereocenters. The molecule has 5 nitrogen and oxygen atoms in total. The average Bonchev–Trinajstić information content (AvgIpc) is 3.03. The molecule has 0 spiro atoms. The summed E-state index contributed by atoms with van der Waals surface area (Å²) in [5.74, 6) is 0. The molecule has 1 heterocycles. The van der Waals surface area contributed by atoms with E-state index in [2.05, 4.69) is 10.2 Å². The van der Waals surface area contributed by atoms with E-state index in [1.54, 1.807) is 19.1 Å². The number of aryl methyl sites for hydroxylation is 1. The molecule has 0 bridgehead atoms. The molecule has 106 valence electrons. The molecular formula is C15H13N3O2S. The summed E-state index contributed by atoms with van der Waals surface area (Å²) < 4.78 is 25.5. The fourth-order valence-electron chi connectivity index (χ4n) is 2.16. The highest BCUT2D eigenvalue weighted by molar-refractivity contribution is 7.89. The molecule has 0 saturated carbocycles. The van der Waals surface area contributed by atoms with Crippen molar-refractivity contribution in [3.05, 3.63) is 66.5 Å². The van der Waals surface area contributed by atoms with Crippen LogP contribution in [0, 0.1) is 6.92 Å². The number of rotatable bonds is 3. The topological polar surface area (TPSA) is 64.8 Å². The van der Waals surface area contributed by atoms with Crippen LogP contribution in [0.25, 0.3) is 11.1 Å². The van der Waals surface area contributed by atoms with Crippen molar-refractivity contribution in [2.45, 2.75) is 11.8 Å². The highest BCUT2D eigenvalue weighted by Gasteiger charge is 2.20. The Morgan fingerprint density at radius 3 is 2.19 bits per heavy atom. The minimum absolute atomic E-state index is 0.207. The van der Waals surface area contributed by atoms with Gasteiger partial charge in [0.15, 0.2) is 0 Å². The summed E-state index contributed by atoms with van der Waals surface area (Å²) in [6.45, 7) is 1.77. The lowest BCUT2D eigenvalue weighted by molar-refractivity contribution is 0.568. The van der Waals surface area contributed by atoms with E-state index in [0.717, 1.165) is 15.3 Å². The maximum absolute atomic E-state index is 12.4. The standard InChI is InChI=1S/C15H13N3O2S/c1-12-11-14(13-5-3-2-4-6-13)7-8-15(12)21(19,20)18-16-9-10-17-18/h2-11H,1H3. The lowest BCUT2D eigenvalue weighted by atomic mass is 10.0. The summed E-state index contributed by atoms with van der Waals surface area (Å²) in [6, 6.07) is 15.0. The van der Waals surface area contributed by atoms with Crippen molar-refractivity contribution in [3.63, 3.8) is 0 Å². The van der Waals surface area contributed by atoms with Gasteiger partial charge in [-0.25, -0.2) is 0 Å². The summed E-state index contributed by atoms with van der Waals surface area (Å²) in [7, 11) is -3.73. The van der Waals surface area contributed by atoms with Gasteiger partial charge in [-0.3, -0.25) is 0 Å². The van der Waals surface area contributed by atoms with Crippen molar-refractivity contribution >= 4 is 10.0 Å². The molecule has 0 saturated heterocycles. The summed E-state index contributed by atoms with van der Waals surface area (Å²) in [5.41, 5.74) is 2.68. The highest BCUT2D eigenvalue weighted by atomic mass is 32.2. The normalized spacial score (nSPS) is 11.5. The number of hydrogen-bond donors (Lipinski definition) is 0. The van der Waals surface area contributed by atoms with Crippen molar-refractivity contribution in [3.8, 4) is 11.1 Å². The van der Waals surface area contributed by atoms with Crippen molar-refractivity contribution in [2.24, 2.45) is 0 Å². The van der Waals surface area contributed by atoms with Crippen LogP contribution >= 0.6 is 0 Å². The third-order valence-electron chi connectivity index (χ3n) is 3.17. The minimum atomic E-state index is -3.73. The van der Waals surface area contributed by atoms with Gasteiger partial charge in [0.05, 0.1) is 17.3 Å². The Labute approximate surface area is 122 Å². The molecule has 3 rings (SSSR count). The fourth-order valence-corrected chi connectivity index (χ4v) is 3.40. The molecule has 0 aliphatic carbocycles. The quantitative estimate of drug-likeness (QED) is 0.745. The fraction of sp³-hybridized carbons (Fsp3) is 0.0667. The lowest BCUT2D eigenvalue weighted by Crippen LogP contribution is -2.17. The van der Waals surface area contributed by atoms with Gasteiger partial charge in [0.2, 0.25) is 0 Å². The Hall–Kier alpha value is -2.47. The molecule has 0 aliphatic rings. The Morgan fingerprint density at radius 2 is 1.57 bits per heavy atom. The Balaban J connectivity index is 2.08. The van der Waals surface area contributed by atoms with E-state index >= 15 is 0 Å². The van der Waals surface area contributed by atoms with Gasteiger partial charge in [-0.15, -0.1) is 10.2 Å². The van der Waals surface area contributed by atoms with Crippen LogP contribution in [0.4, 0.5) is 0 Å². The smallest absolute Gasteiger partial charge is 0.198 e. The minimum Gasteiger partial charge on any atom is -0.198 e. The Bertz CT molecular complexity index is 857. The third kappa shape index (κ3) is 2.45. The van der Waals surface area contributed by atoms with Gasteiger partial charge in [0.25, 0.3) is 10.0 Å². The van der Waals surface area contributed by atoms with Crippen LogP contribution in [0.1, 0.15) is 5.56 Å². The van der Waals surface area contributed by atoms with Gasteiger partial charge in [-0.1, -0.05) is 46.7 Å². The largest absolute Gasteiger partial charge is 0.299 e. The first-order valence-corrected chi connectivity index (χ1v) is 7.81. The van der Waals surface area contributed by atoms with Gasteiger partial charge >= 0.3 is 0 Å². The zero-order valence-electron chi connectivity index (χ0n) is 11.3. The molecule has 0 atom stereocenters. The van der Waals surface area contributed by atoms with Gasteiger partial charge in [-0.2, -0.15) is 8.42 Å². The maximum Gasteiger partial charge on any atom is 0.299 e. The molecule has 21 heavy (non-hydrogen) atoms. The zero-order chi connectivity index (χ0) is 14.9. The van der Waals surface area contributed by atoms with Crippen LogP contribution in [0.5, 0.6) is 0 Å². The van der Waals surface area contributed by atoms with E-state index in [1.807, 2.05) is 36.4 Å². The summed E-state index contributed by atoms with van der Waals surface area (Å²) >= 11 is 0. The van der Waals surface area contributed by atoms with Crippen LogP contribution in [-0.4, -0.2) is 22.8 Å². The van der Waals surface area contributed by atoms with E-state index < -0.39 is 10.0 Å². The second-order valence-corrected chi connectivity index (χ2v) is 6.32. The summed E-state index contributed by atoms with van der Waals surface area (Å²) in [5, 5.41) is 7.41. The molecule has 0 amide bonds. The molecular weight excluding hydrogens is 286 g/mol. The molecule has 0 N–H and O–H groups in total. The number of aromatic nitrogens is 3. The Kier molecular flexibility index (Phi) is 3.31. The predicted molar refractivity (Wildman–Crippen MR) is 79.2 cm³/mol. The van der Waals surface area contributed by atoms with Crippen molar-refractivity contribution in [2.75, 3.05) is 0 Å². The second kappa shape index (κ2) is 5.14. The first kappa shape index (κ1) is 13.5. The van der Waals surface area contributed by atoms with Gasteiger partial charge in [0, 0.05) is 0 Å². The maximum atomic E-state index is 12.4. The van der Waals surface area contributed by atoms with Crippen LogP contribution in [0.3, 0.4) is 0 Å². The summed E-state index contributed by atoms with van der Waals surface area (Å²) in [6.07, 6.45) is 2.68. The Morgan fingerprint density at radius 1 is 0.905 bits per heavy atom. The monoisotopic (exact) mass is 299 g/mol. The van der Waals surface area contributed by atoms with E-state index in [-0.39, 0.29) is 4.90 Å². The van der Waals surface area contributed by atoms with E-state index in [0.29, 0.717) is 5.56 Å². The van der Waals surface area contributed by atoms with E-state index in [4.69, 9.17) is 0 Å². The molecule has 0 radical (unpaired) electrons. The molecule has 0 fully saturated rings. The van der Waals surface area contributed by atoms with Crippen LogP contribution in [0.2, 0.25) is 0 Å².